The molecule has 0 radical (unpaired) electrons. The first kappa shape index (κ1) is 21.1. The Balaban J connectivity index is 0.00000261. The second kappa shape index (κ2) is 10.2. The molecule has 0 N–H and O–H groups in total. The van der Waals surface area contributed by atoms with E-state index in [0.717, 1.165) is 38.9 Å². The summed E-state index contributed by atoms with van der Waals surface area (Å²) in [5.74, 6) is -0.605. The van der Waals surface area contributed by atoms with Gasteiger partial charge in [0, 0.05) is 25.7 Å². The molecule has 1 aliphatic heterocycles. The van der Waals surface area contributed by atoms with Crippen LogP contribution in [0.1, 0.15) is 18.4 Å². The summed E-state index contributed by atoms with van der Waals surface area (Å²) in [4.78, 5) is 16.4. The molecule has 0 spiro atoms. The summed E-state index contributed by atoms with van der Waals surface area (Å²) in [5.41, 5.74) is 1.68. The Morgan fingerprint density at radius 3 is 2.37 bits per heavy atom. The first-order valence-electron chi connectivity index (χ1n) is 9.15. The number of benzene rings is 2. The van der Waals surface area contributed by atoms with Crippen LogP contribution in [0.15, 0.2) is 67.3 Å². The standard InChI is InChI=1S/C22H25FN2O.ClH/c1-2-22(26)25(21-11-7-6-10-20(21)23)19-13-16-24(17-14-19)15-12-18-8-4-3-5-9-18;/h2-11,19H,1,12-17H2;1H. The van der Waals surface area contributed by atoms with Crippen LogP contribution in [-0.4, -0.2) is 36.5 Å². The maximum Gasteiger partial charge on any atom is 0.250 e. The minimum Gasteiger partial charge on any atom is -0.303 e. The maximum atomic E-state index is 14.2. The normalized spacial score (nSPS) is 15.0. The van der Waals surface area contributed by atoms with Crippen molar-refractivity contribution in [2.24, 2.45) is 0 Å². The smallest absolute Gasteiger partial charge is 0.250 e. The summed E-state index contributed by atoms with van der Waals surface area (Å²) in [7, 11) is 0. The van der Waals surface area contributed by atoms with Gasteiger partial charge in [0.15, 0.2) is 0 Å². The fourth-order valence-electron chi connectivity index (χ4n) is 3.57. The van der Waals surface area contributed by atoms with Crippen LogP contribution < -0.4 is 4.90 Å². The number of anilines is 1. The zero-order valence-corrected chi connectivity index (χ0v) is 16.2. The Bertz CT molecular complexity index is 745. The largest absolute Gasteiger partial charge is 0.303 e. The Morgan fingerprint density at radius 2 is 1.74 bits per heavy atom. The van der Waals surface area contributed by atoms with Crippen LogP contribution in [0.2, 0.25) is 0 Å². The van der Waals surface area contributed by atoms with E-state index in [-0.39, 0.29) is 30.2 Å². The highest BCUT2D eigenvalue weighted by Crippen LogP contribution is 2.26. The fraction of sp³-hybridized carbons (Fsp3) is 0.318. The molecule has 3 rings (SSSR count). The van der Waals surface area contributed by atoms with Gasteiger partial charge in [-0.2, -0.15) is 0 Å². The molecular formula is C22H26ClFN2O. The SMILES string of the molecule is C=CC(=O)N(c1ccccc1F)C1CCN(CCc2ccccc2)CC1.Cl. The van der Waals surface area contributed by atoms with E-state index in [9.17, 15) is 9.18 Å². The van der Waals surface area contributed by atoms with Crippen molar-refractivity contribution >= 4 is 24.0 Å². The lowest BCUT2D eigenvalue weighted by Crippen LogP contribution is -2.47. The van der Waals surface area contributed by atoms with E-state index in [2.05, 4.69) is 35.7 Å². The van der Waals surface area contributed by atoms with E-state index in [1.165, 1.54) is 17.7 Å². The second-order valence-electron chi connectivity index (χ2n) is 6.67. The minimum absolute atomic E-state index is 0. The molecule has 27 heavy (non-hydrogen) atoms. The number of para-hydroxylation sites is 1. The van der Waals surface area contributed by atoms with Gasteiger partial charge in [0.1, 0.15) is 5.82 Å². The van der Waals surface area contributed by atoms with E-state index < -0.39 is 0 Å². The molecule has 144 valence electrons. The Morgan fingerprint density at radius 1 is 1.11 bits per heavy atom. The zero-order valence-electron chi connectivity index (χ0n) is 15.4. The lowest BCUT2D eigenvalue weighted by atomic mass is 10.0. The minimum atomic E-state index is -0.366. The zero-order chi connectivity index (χ0) is 18.4. The van der Waals surface area contributed by atoms with Crippen molar-refractivity contribution in [2.75, 3.05) is 24.5 Å². The highest BCUT2D eigenvalue weighted by atomic mass is 35.5. The molecule has 1 saturated heterocycles. The van der Waals surface area contributed by atoms with E-state index in [1.54, 1.807) is 23.1 Å². The summed E-state index contributed by atoms with van der Waals surface area (Å²) in [6, 6.07) is 16.9. The van der Waals surface area contributed by atoms with Gasteiger partial charge < -0.3 is 9.80 Å². The van der Waals surface area contributed by atoms with E-state index >= 15 is 0 Å². The molecule has 1 heterocycles. The molecule has 5 heteroatoms. The molecule has 0 unspecified atom stereocenters. The monoisotopic (exact) mass is 388 g/mol. The molecule has 0 saturated carbocycles. The van der Waals surface area contributed by atoms with Crippen LogP contribution in [-0.2, 0) is 11.2 Å². The maximum absolute atomic E-state index is 14.2. The fourth-order valence-corrected chi connectivity index (χ4v) is 3.57. The molecule has 3 nitrogen and oxygen atoms in total. The molecule has 0 bridgehead atoms. The van der Waals surface area contributed by atoms with Crippen molar-refractivity contribution in [3.63, 3.8) is 0 Å². The Kier molecular flexibility index (Phi) is 8.01. The van der Waals surface area contributed by atoms with Crippen LogP contribution in [0, 0.1) is 5.82 Å². The number of piperidine rings is 1. The van der Waals surface area contributed by atoms with Crippen LogP contribution >= 0.6 is 12.4 Å². The summed E-state index contributed by atoms with van der Waals surface area (Å²) >= 11 is 0. The molecule has 0 aliphatic carbocycles. The summed E-state index contributed by atoms with van der Waals surface area (Å²) in [6.45, 7) is 6.41. The van der Waals surface area contributed by atoms with Crippen molar-refractivity contribution in [3.05, 3.63) is 78.6 Å². The van der Waals surface area contributed by atoms with Gasteiger partial charge in [-0.25, -0.2) is 4.39 Å². The highest BCUT2D eigenvalue weighted by molar-refractivity contribution is 6.01. The average Bonchev–Trinajstić information content (AvgIpc) is 2.69. The first-order valence-corrected chi connectivity index (χ1v) is 9.15. The van der Waals surface area contributed by atoms with Crippen LogP contribution in [0.25, 0.3) is 0 Å². The molecule has 2 aromatic carbocycles. The van der Waals surface area contributed by atoms with Crippen molar-refractivity contribution in [3.8, 4) is 0 Å². The van der Waals surface area contributed by atoms with Crippen molar-refractivity contribution in [1.82, 2.24) is 4.90 Å². The Labute approximate surface area is 166 Å². The van der Waals surface area contributed by atoms with Crippen LogP contribution in [0.3, 0.4) is 0 Å². The molecule has 0 atom stereocenters. The highest BCUT2D eigenvalue weighted by Gasteiger charge is 2.29. The number of likely N-dealkylation sites (tertiary alicyclic amines) is 1. The molecule has 1 amide bonds. The number of halogens is 2. The molecule has 2 aromatic rings. The topological polar surface area (TPSA) is 23.6 Å². The Hall–Kier alpha value is -2.17. The predicted molar refractivity (Wildman–Crippen MR) is 111 cm³/mol. The number of amides is 1. The quantitative estimate of drug-likeness (QED) is 0.681. The van der Waals surface area contributed by atoms with Gasteiger partial charge >= 0.3 is 0 Å². The molecular weight excluding hydrogens is 363 g/mol. The molecule has 0 aromatic heterocycles. The van der Waals surface area contributed by atoms with E-state index in [1.807, 2.05) is 6.07 Å². The van der Waals surface area contributed by atoms with Crippen LogP contribution in [0.5, 0.6) is 0 Å². The third-order valence-corrected chi connectivity index (χ3v) is 5.01. The molecule has 1 fully saturated rings. The number of nitrogens with zero attached hydrogens (tertiary/aromatic N) is 2. The van der Waals surface area contributed by atoms with E-state index in [4.69, 9.17) is 0 Å². The number of carbonyl (C=O) groups excluding carboxylic acids is 1. The summed E-state index contributed by atoms with van der Waals surface area (Å²) in [6.07, 6.45) is 3.97. The third kappa shape index (κ3) is 5.41. The van der Waals surface area contributed by atoms with Gasteiger partial charge in [-0.15, -0.1) is 12.4 Å². The predicted octanol–water partition coefficient (Wildman–Crippen LogP) is 4.47. The summed E-state index contributed by atoms with van der Waals surface area (Å²) in [5, 5.41) is 0. The second-order valence-corrected chi connectivity index (χ2v) is 6.67. The van der Waals surface area contributed by atoms with Gasteiger partial charge in [0.2, 0.25) is 0 Å². The van der Waals surface area contributed by atoms with Gasteiger partial charge in [0.05, 0.1) is 5.69 Å². The number of hydrogen-bond acceptors (Lipinski definition) is 2. The first-order chi connectivity index (χ1) is 12.7. The van der Waals surface area contributed by atoms with Gasteiger partial charge in [0.25, 0.3) is 5.91 Å². The third-order valence-electron chi connectivity index (χ3n) is 5.01. The van der Waals surface area contributed by atoms with Crippen molar-refractivity contribution < 1.29 is 9.18 Å². The van der Waals surface area contributed by atoms with Gasteiger partial charge in [-0.1, -0.05) is 49.0 Å². The lowest BCUT2D eigenvalue weighted by molar-refractivity contribution is -0.114. The van der Waals surface area contributed by atoms with Crippen molar-refractivity contribution in [2.45, 2.75) is 25.3 Å². The summed E-state index contributed by atoms with van der Waals surface area (Å²) < 4.78 is 14.2. The number of rotatable bonds is 6. The van der Waals surface area contributed by atoms with Crippen LogP contribution in [0.4, 0.5) is 10.1 Å². The number of carbonyl (C=O) groups is 1. The average molecular weight is 389 g/mol. The van der Waals surface area contributed by atoms with Gasteiger partial charge in [-0.3, -0.25) is 4.79 Å². The van der Waals surface area contributed by atoms with Crippen molar-refractivity contribution in [1.29, 1.82) is 0 Å². The molecule has 1 aliphatic rings. The van der Waals surface area contributed by atoms with E-state index in [0.29, 0.717) is 5.69 Å². The number of hydrogen-bond donors (Lipinski definition) is 0. The van der Waals surface area contributed by atoms with Gasteiger partial charge in [-0.05, 0) is 43.0 Å². The lowest BCUT2D eigenvalue weighted by Gasteiger charge is -2.38.